The summed E-state index contributed by atoms with van der Waals surface area (Å²) in [5.41, 5.74) is 7.14. The molecule has 0 spiro atoms. The second kappa shape index (κ2) is 8.45. The van der Waals surface area contributed by atoms with Crippen LogP contribution in [0.2, 0.25) is 0 Å². The number of hydrogen-bond acceptors (Lipinski definition) is 3. The number of likely N-dealkylation sites (N-methyl/N-ethyl adjacent to an activating group) is 1. The zero-order valence-corrected chi connectivity index (χ0v) is 14.0. The largest absolute Gasteiger partial charge is 0.492 e. The first-order chi connectivity index (χ1) is 11.5. The van der Waals surface area contributed by atoms with E-state index in [-0.39, 0.29) is 23.7 Å². The molecule has 128 valence electrons. The molecule has 2 aromatic rings. The molecule has 5 heteroatoms. The maximum absolute atomic E-state index is 12.8. The van der Waals surface area contributed by atoms with Gasteiger partial charge in [-0.25, -0.2) is 4.39 Å². The molecule has 0 saturated heterocycles. The van der Waals surface area contributed by atoms with E-state index in [2.05, 4.69) is 0 Å². The van der Waals surface area contributed by atoms with Gasteiger partial charge in [0.1, 0.15) is 18.2 Å². The second-order valence-corrected chi connectivity index (χ2v) is 5.79. The summed E-state index contributed by atoms with van der Waals surface area (Å²) >= 11 is 0. The number of nitrogens with zero attached hydrogens (tertiary/aromatic N) is 1. The van der Waals surface area contributed by atoms with Crippen molar-refractivity contribution in [3.63, 3.8) is 0 Å². The van der Waals surface area contributed by atoms with Crippen molar-refractivity contribution in [2.45, 2.75) is 13.0 Å². The van der Waals surface area contributed by atoms with Gasteiger partial charge < -0.3 is 15.4 Å². The Morgan fingerprint density at radius 3 is 2.42 bits per heavy atom. The van der Waals surface area contributed by atoms with Crippen molar-refractivity contribution in [1.82, 2.24) is 4.90 Å². The fourth-order valence-corrected chi connectivity index (χ4v) is 2.41. The Kier molecular flexibility index (Phi) is 6.32. The zero-order chi connectivity index (χ0) is 17.5. The quantitative estimate of drug-likeness (QED) is 0.849. The average Bonchev–Trinajstić information content (AvgIpc) is 2.62. The lowest BCUT2D eigenvalue weighted by Gasteiger charge is -2.25. The molecule has 4 nitrogen and oxygen atoms in total. The van der Waals surface area contributed by atoms with Crippen LogP contribution in [-0.4, -0.2) is 31.0 Å². The molecule has 0 aliphatic rings. The Morgan fingerprint density at radius 2 is 1.79 bits per heavy atom. The first-order valence-corrected chi connectivity index (χ1v) is 7.93. The smallest absolute Gasteiger partial charge is 0.227 e. The van der Waals surface area contributed by atoms with E-state index in [1.807, 2.05) is 37.3 Å². The molecule has 2 unspecified atom stereocenters. The minimum atomic E-state index is -0.348. The van der Waals surface area contributed by atoms with Crippen molar-refractivity contribution in [2.75, 3.05) is 20.2 Å². The summed E-state index contributed by atoms with van der Waals surface area (Å²) in [5.74, 6) is -0.0954. The van der Waals surface area contributed by atoms with Crippen LogP contribution in [0.1, 0.15) is 18.5 Å². The first-order valence-electron chi connectivity index (χ1n) is 7.93. The topological polar surface area (TPSA) is 55.6 Å². The Labute approximate surface area is 142 Å². The Hall–Kier alpha value is -2.40. The summed E-state index contributed by atoms with van der Waals surface area (Å²) in [6.45, 7) is 2.60. The molecule has 0 radical (unpaired) electrons. The Balaban J connectivity index is 1.83. The van der Waals surface area contributed by atoms with Crippen LogP contribution in [0.3, 0.4) is 0 Å². The standard InChI is InChI=1S/C19H23FN2O2/c1-14(18(21)15-6-4-3-5-7-15)19(23)22(2)12-13-24-17-10-8-16(20)9-11-17/h3-11,14,18H,12-13,21H2,1-2H3. The van der Waals surface area contributed by atoms with E-state index in [0.717, 1.165) is 5.56 Å². The second-order valence-electron chi connectivity index (χ2n) is 5.79. The highest BCUT2D eigenvalue weighted by Crippen LogP contribution is 2.20. The van der Waals surface area contributed by atoms with E-state index in [0.29, 0.717) is 18.9 Å². The van der Waals surface area contributed by atoms with Crippen molar-refractivity contribution >= 4 is 5.91 Å². The molecular formula is C19H23FN2O2. The fraction of sp³-hybridized carbons (Fsp3) is 0.316. The van der Waals surface area contributed by atoms with E-state index in [9.17, 15) is 9.18 Å². The van der Waals surface area contributed by atoms with Crippen LogP contribution in [0, 0.1) is 11.7 Å². The van der Waals surface area contributed by atoms with Gasteiger partial charge in [0.25, 0.3) is 0 Å². The van der Waals surface area contributed by atoms with Gasteiger partial charge in [0, 0.05) is 13.1 Å². The van der Waals surface area contributed by atoms with Crippen molar-refractivity contribution in [2.24, 2.45) is 11.7 Å². The highest BCUT2D eigenvalue weighted by molar-refractivity contribution is 5.79. The molecule has 2 rings (SSSR count). The molecule has 0 saturated carbocycles. The minimum absolute atomic E-state index is 0.0333. The number of rotatable bonds is 7. The summed E-state index contributed by atoms with van der Waals surface area (Å²) in [6.07, 6.45) is 0. The highest BCUT2D eigenvalue weighted by atomic mass is 19.1. The van der Waals surface area contributed by atoms with E-state index >= 15 is 0 Å². The molecule has 0 aliphatic carbocycles. The number of amides is 1. The first kappa shape index (κ1) is 17.9. The van der Waals surface area contributed by atoms with Crippen LogP contribution in [0.5, 0.6) is 5.75 Å². The van der Waals surface area contributed by atoms with Crippen LogP contribution < -0.4 is 10.5 Å². The zero-order valence-electron chi connectivity index (χ0n) is 14.0. The Morgan fingerprint density at radius 1 is 1.17 bits per heavy atom. The lowest BCUT2D eigenvalue weighted by Crippen LogP contribution is -2.39. The number of benzene rings is 2. The molecule has 0 fully saturated rings. The van der Waals surface area contributed by atoms with Crippen LogP contribution >= 0.6 is 0 Å². The molecule has 24 heavy (non-hydrogen) atoms. The normalized spacial score (nSPS) is 13.2. The summed E-state index contributed by atoms with van der Waals surface area (Å²) in [6, 6.07) is 15.0. The maximum Gasteiger partial charge on any atom is 0.227 e. The Bertz CT molecular complexity index is 646. The van der Waals surface area contributed by atoms with Gasteiger partial charge >= 0.3 is 0 Å². The van der Waals surface area contributed by atoms with Gasteiger partial charge in [0.05, 0.1) is 12.5 Å². The fourth-order valence-electron chi connectivity index (χ4n) is 2.41. The van der Waals surface area contributed by atoms with Gasteiger partial charge in [-0.05, 0) is 29.8 Å². The number of nitrogens with two attached hydrogens (primary N) is 1. The molecule has 0 aromatic heterocycles. The molecule has 0 aliphatic heterocycles. The summed E-state index contributed by atoms with van der Waals surface area (Å²) in [5, 5.41) is 0. The minimum Gasteiger partial charge on any atom is -0.492 e. The molecule has 0 heterocycles. The van der Waals surface area contributed by atoms with Crippen molar-refractivity contribution in [1.29, 1.82) is 0 Å². The lowest BCUT2D eigenvalue weighted by atomic mass is 9.94. The number of carbonyl (C=O) groups excluding carboxylic acids is 1. The summed E-state index contributed by atoms with van der Waals surface area (Å²) in [4.78, 5) is 14.1. The van der Waals surface area contributed by atoms with Gasteiger partial charge in [0.2, 0.25) is 5.91 Å². The summed E-state index contributed by atoms with van der Waals surface area (Å²) in [7, 11) is 1.73. The predicted octanol–water partition coefficient (Wildman–Crippen LogP) is 3.00. The lowest BCUT2D eigenvalue weighted by molar-refractivity contribution is -0.134. The van der Waals surface area contributed by atoms with Crippen molar-refractivity contribution in [3.05, 3.63) is 66.0 Å². The SMILES string of the molecule is CC(C(=O)N(C)CCOc1ccc(F)cc1)C(N)c1ccccc1. The monoisotopic (exact) mass is 330 g/mol. The third kappa shape index (κ3) is 4.80. The number of ether oxygens (including phenoxy) is 1. The number of hydrogen-bond donors (Lipinski definition) is 1. The third-order valence-electron chi connectivity index (χ3n) is 4.00. The van der Waals surface area contributed by atoms with E-state index in [1.165, 1.54) is 12.1 Å². The molecular weight excluding hydrogens is 307 g/mol. The predicted molar refractivity (Wildman–Crippen MR) is 92.1 cm³/mol. The molecule has 2 atom stereocenters. The maximum atomic E-state index is 12.8. The van der Waals surface area contributed by atoms with E-state index < -0.39 is 0 Å². The van der Waals surface area contributed by atoms with Gasteiger partial charge in [-0.1, -0.05) is 37.3 Å². The molecule has 2 aromatic carbocycles. The highest BCUT2D eigenvalue weighted by Gasteiger charge is 2.24. The van der Waals surface area contributed by atoms with Gasteiger partial charge in [-0.15, -0.1) is 0 Å². The van der Waals surface area contributed by atoms with Crippen LogP contribution in [0.25, 0.3) is 0 Å². The third-order valence-corrected chi connectivity index (χ3v) is 4.00. The van der Waals surface area contributed by atoms with Gasteiger partial charge in [0.15, 0.2) is 0 Å². The number of carbonyl (C=O) groups is 1. The van der Waals surface area contributed by atoms with Gasteiger partial charge in [-0.3, -0.25) is 4.79 Å². The van der Waals surface area contributed by atoms with Crippen LogP contribution in [0.15, 0.2) is 54.6 Å². The van der Waals surface area contributed by atoms with Crippen LogP contribution in [-0.2, 0) is 4.79 Å². The number of halogens is 1. The average molecular weight is 330 g/mol. The van der Waals surface area contributed by atoms with Gasteiger partial charge in [-0.2, -0.15) is 0 Å². The molecule has 1 amide bonds. The van der Waals surface area contributed by atoms with E-state index in [4.69, 9.17) is 10.5 Å². The molecule has 0 bridgehead atoms. The van der Waals surface area contributed by atoms with E-state index in [1.54, 1.807) is 24.1 Å². The summed E-state index contributed by atoms with van der Waals surface area (Å²) < 4.78 is 18.3. The van der Waals surface area contributed by atoms with Crippen LogP contribution in [0.4, 0.5) is 4.39 Å². The molecule has 2 N–H and O–H groups in total. The van der Waals surface area contributed by atoms with Crippen molar-refractivity contribution in [3.8, 4) is 5.75 Å². The van der Waals surface area contributed by atoms with Crippen molar-refractivity contribution < 1.29 is 13.9 Å².